The third-order valence-corrected chi connectivity index (χ3v) is 10.7. The van der Waals surface area contributed by atoms with E-state index in [0.717, 1.165) is 48.1 Å². The molecule has 0 saturated carbocycles. The van der Waals surface area contributed by atoms with E-state index in [1.165, 1.54) is 33.4 Å². The van der Waals surface area contributed by atoms with Gasteiger partial charge < -0.3 is 9.84 Å². The number of hydrogen-bond acceptors (Lipinski definition) is 4. The van der Waals surface area contributed by atoms with Crippen LogP contribution in [0.5, 0.6) is 17.5 Å². The molecule has 2 aliphatic carbocycles. The van der Waals surface area contributed by atoms with Crippen LogP contribution in [-0.4, -0.2) is 15.1 Å². The van der Waals surface area contributed by atoms with Gasteiger partial charge in [0.1, 0.15) is 5.75 Å². The molecule has 8 rings (SSSR count). The van der Waals surface area contributed by atoms with Crippen molar-refractivity contribution >= 4 is 0 Å². The summed E-state index contributed by atoms with van der Waals surface area (Å²) in [6.45, 7) is 13.5. The number of hydrogen-bond donors (Lipinski definition) is 1. The monoisotopic (exact) mass is 864 g/mol. The van der Waals surface area contributed by atoms with Crippen LogP contribution in [0.25, 0.3) is 33.6 Å². The van der Waals surface area contributed by atoms with Gasteiger partial charge in [-0.25, -0.2) is 4.98 Å². The molecule has 0 atom stereocenters. The fraction of sp³-hybridized carbons (Fsp3) is 0.277. The maximum Gasteiger partial charge on any atom is 0.222 e. The van der Waals surface area contributed by atoms with Crippen LogP contribution in [0, 0.1) is 11.5 Å². The second-order valence-electron chi connectivity index (χ2n) is 16.7. The number of ether oxygens (including phenoxy) is 1. The normalized spacial score (nSPS) is 14.5. The molecule has 266 valence electrons. The van der Waals surface area contributed by atoms with Crippen molar-refractivity contribution in [1.29, 1.82) is 0 Å². The maximum atomic E-state index is 10.9. The number of aromatic nitrogens is 2. The Morgan fingerprint density at radius 3 is 2.00 bits per heavy atom. The molecule has 2 aromatic heterocycles. The molecule has 52 heavy (non-hydrogen) atoms. The van der Waals surface area contributed by atoms with E-state index in [2.05, 4.69) is 102 Å². The van der Waals surface area contributed by atoms with E-state index in [0.29, 0.717) is 23.0 Å². The first-order valence-corrected chi connectivity index (χ1v) is 18.1. The van der Waals surface area contributed by atoms with Crippen molar-refractivity contribution in [3.63, 3.8) is 0 Å². The first kappa shape index (κ1) is 35.9. The second kappa shape index (κ2) is 13.5. The Morgan fingerprint density at radius 1 is 0.615 bits per heavy atom. The molecule has 2 heterocycles. The summed E-state index contributed by atoms with van der Waals surface area (Å²) in [6.07, 6.45) is 4.46. The van der Waals surface area contributed by atoms with E-state index >= 15 is 0 Å². The number of aromatic hydroxyl groups is 1. The predicted octanol–water partition coefficient (Wildman–Crippen LogP) is 11.3. The van der Waals surface area contributed by atoms with Gasteiger partial charge in [-0.15, -0.1) is 34.9 Å². The summed E-state index contributed by atoms with van der Waals surface area (Å²) in [4.78, 5) is 9.87. The molecule has 0 saturated heterocycles. The Hall–Kier alpha value is -4.53. The SMILES string of the molecule is CC(C)(C)c1ccc(-c2cc(Oc3cccc(-c4[c-]cc5c(c4)CC4(C5)Cc5ccccc5C4)n3)nc(-c3ccccc3O)c2)c(C(C)(C)C)c1.[Pt]. The first-order valence-electron chi connectivity index (χ1n) is 18.1. The molecular weight excluding hydrogens is 820 g/mol. The van der Waals surface area contributed by atoms with E-state index < -0.39 is 0 Å². The van der Waals surface area contributed by atoms with Crippen LogP contribution in [0.3, 0.4) is 0 Å². The minimum atomic E-state index is -0.112. The Labute approximate surface area is 322 Å². The zero-order valence-electron chi connectivity index (χ0n) is 30.8. The van der Waals surface area contributed by atoms with E-state index in [4.69, 9.17) is 14.7 Å². The van der Waals surface area contributed by atoms with Crippen LogP contribution in [0.1, 0.15) is 74.9 Å². The summed E-state index contributed by atoms with van der Waals surface area (Å²) >= 11 is 0. The van der Waals surface area contributed by atoms with Gasteiger partial charge in [-0.2, -0.15) is 0 Å². The van der Waals surface area contributed by atoms with Crippen molar-refractivity contribution in [2.75, 3.05) is 0 Å². The van der Waals surface area contributed by atoms with Gasteiger partial charge in [0.05, 0.1) is 5.69 Å². The van der Waals surface area contributed by atoms with E-state index in [1.54, 1.807) is 6.07 Å². The predicted molar refractivity (Wildman–Crippen MR) is 206 cm³/mol. The summed E-state index contributed by atoms with van der Waals surface area (Å²) in [5.74, 6) is 1.04. The number of phenols is 1. The van der Waals surface area contributed by atoms with Crippen LogP contribution in [0.2, 0.25) is 0 Å². The molecule has 0 radical (unpaired) electrons. The van der Waals surface area contributed by atoms with Gasteiger partial charge >= 0.3 is 0 Å². The van der Waals surface area contributed by atoms with Crippen molar-refractivity contribution in [2.24, 2.45) is 5.41 Å². The van der Waals surface area contributed by atoms with Gasteiger partial charge in [-0.3, -0.25) is 4.98 Å². The average molecular weight is 865 g/mol. The van der Waals surface area contributed by atoms with Crippen molar-refractivity contribution in [2.45, 2.75) is 78.1 Å². The minimum Gasteiger partial charge on any atom is -0.507 e. The summed E-state index contributed by atoms with van der Waals surface area (Å²) in [6, 6.07) is 40.9. The van der Waals surface area contributed by atoms with Crippen LogP contribution in [0.4, 0.5) is 0 Å². The molecule has 1 N–H and O–H groups in total. The first-order chi connectivity index (χ1) is 24.3. The average Bonchev–Trinajstić information content (AvgIpc) is 3.64. The van der Waals surface area contributed by atoms with Crippen molar-refractivity contribution in [1.82, 2.24) is 9.97 Å². The standard InChI is InChI=1S/C47H45N2O2.Pt/c1-45(2,3)36-20-21-37(39(25-36)46(4,5)6)34-23-41(38-14-9-10-16-42(38)50)49-44(24-34)51-43-17-11-15-40(48-43)30-18-19-33-28-47(29-35(33)22-30)26-31-12-7-8-13-32(31)27-47;/h7-17,19-25,50H,26-29H2,1-6H3;/q-1;. The summed E-state index contributed by atoms with van der Waals surface area (Å²) in [7, 11) is 0. The maximum absolute atomic E-state index is 10.9. The summed E-state index contributed by atoms with van der Waals surface area (Å²) in [5.41, 5.74) is 13.7. The van der Waals surface area contributed by atoms with Crippen molar-refractivity contribution in [3.8, 4) is 51.2 Å². The number of fused-ring (bicyclic) bond motifs is 2. The Kier molecular flexibility index (Phi) is 9.28. The number of nitrogens with zero attached hydrogens (tertiary/aromatic N) is 2. The van der Waals surface area contributed by atoms with Crippen LogP contribution < -0.4 is 4.74 Å². The Morgan fingerprint density at radius 2 is 1.29 bits per heavy atom. The fourth-order valence-corrected chi connectivity index (χ4v) is 8.09. The van der Waals surface area contributed by atoms with Gasteiger partial charge in [0.2, 0.25) is 11.8 Å². The molecule has 4 aromatic carbocycles. The van der Waals surface area contributed by atoms with Gasteiger partial charge in [-0.1, -0.05) is 115 Å². The fourth-order valence-electron chi connectivity index (χ4n) is 8.09. The second-order valence-corrected chi connectivity index (χ2v) is 16.7. The van der Waals surface area contributed by atoms with E-state index in [1.807, 2.05) is 48.5 Å². The third-order valence-electron chi connectivity index (χ3n) is 10.7. The minimum absolute atomic E-state index is 0. The molecule has 0 fully saturated rings. The zero-order chi connectivity index (χ0) is 35.5. The molecule has 6 aromatic rings. The van der Waals surface area contributed by atoms with E-state index in [9.17, 15) is 5.11 Å². The van der Waals surface area contributed by atoms with Crippen molar-refractivity contribution in [3.05, 3.63) is 149 Å². The number of phenolic OH excluding ortho intramolecular Hbond substituents is 1. The van der Waals surface area contributed by atoms with Gasteiger partial charge in [-0.05, 0) is 98.8 Å². The number of benzene rings is 4. The van der Waals surface area contributed by atoms with Gasteiger partial charge in [0.25, 0.3) is 0 Å². The number of rotatable bonds is 5. The molecule has 0 unspecified atom stereocenters. The van der Waals surface area contributed by atoms with Crippen LogP contribution in [-0.2, 0) is 57.6 Å². The third kappa shape index (κ3) is 6.98. The summed E-state index contributed by atoms with van der Waals surface area (Å²) < 4.78 is 6.50. The molecule has 0 aliphatic heterocycles. The van der Waals surface area contributed by atoms with Crippen LogP contribution >= 0.6 is 0 Å². The smallest absolute Gasteiger partial charge is 0.222 e. The quantitative estimate of drug-likeness (QED) is 0.175. The van der Waals surface area contributed by atoms with Gasteiger partial charge in [0, 0.05) is 32.7 Å². The van der Waals surface area contributed by atoms with Crippen molar-refractivity contribution < 1.29 is 30.9 Å². The van der Waals surface area contributed by atoms with Gasteiger partial charge in [0.15, 0.2) is 0 Å². The molecule has 0 amide bonds. The topological polar surface area (TPSA) is 55.2 Å². The number of para-hydroxylation sites is 1. The molecule has 1 spiro atoms. The largest absolute Gasteiger partial charge is 0.507 e. The number of pyridine rings is 2. The molecular formula is C47H45N2O2Pt-. The Balaban J connectivity index is 0.00000420. The molecule has 2 aliphatic rings. The molecule has 5 heteroatoms. The molecule has 0 bridgehead atoms. The zero-order valence-corrected chi connectivity index (χ0v) is 33.1. The summed E-state index contributed by atoms with van der Waals surface area (Å²) in [5, 5.41) is 10.9. The van der Waals surface area contributed by atoms with Crippen LogP contribution in [0.15, 0.2) is 109 Å². The van der Waals surface area contributed by atoms with E-state index in [-0.39, 0.29) is 43.1 Å². The molecule has 4 nitrogen and oxygen atoms in total. The Bertz CT molecular complexity index is 2270.